The Balaban J connectivity index is 1.54. The number of carbonyl (C=O) groups excluding carboxylic acids is 2. The molecule has 0 atom stereocenters. The van der Waals surface area contributed by atoms with Crippen LogP contribution in [0.1, 0.15) is 53.3 Å². The average molecular weight is 411 g/mol. The molecule has 2 aromatic rings. The zero-order valence-corrected chi connectivity index (χ0v) is 17.6. The normalized spacial score (nSPS) is 13.7. The van der Waals surface area contributed by atoms with Crippen molar-refractivity contribution in [1.29, 1.82) is 0 Å². The molecule has 3 rings (SSSR count). The summed E-state index contributed by atoms with van der Waals surface area (Å²) in [7, 11) is 0. The number of hydrogen-bond donors (Lipinski definition) is 1. The monoisotopic (exact) mass is 410 g/mol. The highest BCUT2D eigenvalue weighted by molar-refractivity contribution is 6.05. The molecule has 0 aliphatic carbocycles. The zero-order valence-electron chi connectivity index (χ0n) is 17.6. The third-order valence-electron chi connectivity index (χ3n) is 5.05. The summed E-state index contributed by atoms with van der Waals surface area (Å²) < 4.78 is 11.0. The van der Waals surface area contributed by atoms with E-state index in [-0.39, 0.29) is 11.8 Å². The highest BCUT2D eigenvalue weighted by Crippen LogP contribution is 2.17. The molecule has 1 heterocycles. The molecular weight excluding hydrogens is 380 g/mol. The number of nitrogens with one attached hydrogen (secondary N) is 1. The first-order valence-corrected chi connectivity index (χ1v) is 10.7. The largest absolute Gasteiger partial charge is 0.494 e. The number of nitrogens with zero attached hydrogens (tertiary/aromatic N) is 1. The first kappa shape index (κ1) is 21.8. The number of morpholine rings is 1. The number of unbranched alkanes of at least 4 members (excludes halogenated alkanes) is 3. The van der Waals surface area contributed by atoms with Crippen molar-refractivity contribution in [2.45, 2.75) is 32.6 Å². The summed E-state index contributed by atoms with van der Waals surface area (Å²) in [5, 5.41) is 2.87. The minimum absolute atomic E-state index is 0.0464. The molecule has 1 fully saturated rings. The average Bonchev–Trinajstić information content (AvgIpc) is 2.79. The van der Waals surface area contributed by atoms with Crippen LogP contribution in [-0.4, -0.2) is 49.6 Å². The van der Waals surface area contributed by atoms with E-state index in [9.17, 15) is 9.59 Å². The van der Waals surface area contributed by atoms with Gasteiger partial charge in [0.2, 0.25) is 0 Å². The quantitative estimate of drug-likeness (QED) is 0.624. The van der Waals surface area contributed by atoms with E-state index in [1.54, 1.807) is 41.3 Å². The number of benzene rings is 2. The van der Waals surface area contributed by atoms with Gasteiger partial charge in [-0.1, -0.05) is 32.3 Å². The Hall–Kier alpha value is -2.86. The van der Waals surface area contributed by atoms with Crippen LogP contribution in [-0.2, 0) is 4.74 Å². The molecule has 2 aromatic carbocycles. The van der Waals surface area contributed by atoms with Crippen LogP contribution in [0.15, 0.2) is 48.5 Å². The maximum Gasteiger partial charge on any atom is 0.255 e. The summed E-state index contributed by atoms with van der Waals surface area (Å²) in [4.78, 5) is 27.0. The Morgan fingerprint density at radius 2 is 1.77 bits per heavy atom. The minimum atomic E-state index is -0.222. The van der Waals surface area contributed by atoms with Gasteiger partial charge >= 0.3 is 0 Å². The lowest BCUT2D eigenvalue weighted by molar-refractivity contribution is 0.0303. The molecule has 30 heavy (non-hydrogen) atoms. The molecule has 2 amide bonds. The summed E-state index contributed by atoms with van der Waals surface area (Å²) in [6.45, 7) is 5.16. The van der Waals surface area contributed by atoms with Gasteiger partial charge in [0, 0.05) is 29.9 Å². The predicted octanol–water partition coefficient (Wildman–Crippen LogP) is 4.37. The molecule has 0 aromatic heterocycles. The second-order valence-electron chi connectivity index (χ2n) is 7.37. The van der Waals surface area contributed by atoms with Crippen molar-refractivity contribution in [2.24, 2.45) is 0 Å². The lowest BCUT2D eigenvalue weighted by atomic mass is 10.1. The number of carbonyl (C=O) groups is 2. The summed E-state index contributed by atoms with van der Waals surface area (Å²) >= 11 is 0. The van der Waals surface area contributed by atoms with Crippen LogP contribution >= 0.6 is 0 Å². The third-order valence-corrected chi connectivity index (χ3v) is 5.05. The standard InChI is InChI=1S/C24H30N2O4/c1-2-3-4-5-15-30-22-11-9-19(10-12-22)23(27)25-21-8-6-7-20(18-21)24(28)26-13-16-29-17-14-26/h6-12,18H,2-5,13-17H2,1H3,(H,25,27). The maximum atomic E-state index is 12.6. The van der Waals surface area contributed by atoms with Crippen LogP contribution in [0.3, 0.4) is 0 Å². The number of hydrogen-bond acceptors (Lipinski definition) is 4. The predicted molar refractivity (Wildman–Crippen MR) is 117 cm³/mol. The van der Waals surface area contributed by atoms with Crippen LogP contribution in [0.25, 0.3) is 0 Å². The second kappa shape index (κ2) is 11.4. The van der Waals surface area contributed by atoms with Gasteiger partial charge in [-0.15, -0.1) is 0 Å². The smallest absolute Gasteiger partial charge is 0.255 e. The van der Waals surface area contributed by atoms with Crippen LogP contribution in [0.2, 0.25) is 0 Å². The highest BCUT2D eigenvalue weighted by atomic mass is 16.5. The van der Waals surface area contributed by atoms with Gasteiger partial charge in [0.15, 0.2) is 0 Å². The van der Waals surface area contributed by atoms with Gasteiger partial charge < -0.3 is 19.7 Å². The van der Waals surface area contributed by atoms with Gasteiger partial charge in [-0.3, -0.25) is 9.59 Å². The van der Waals surface area contributed by atoms with E-state index in [4.69, 9.17) is 9.47 Å². The lowest BCUT2D eigenvalue weighted by Gasteiger charge is -2.27. The van der Waals surface area contributed by atoms with Crippen molar-refractivity contribution >= 4 is 17.5 Å². The molecule has 0 radical (unpaired) electrons. The topological polar surface area (TPSA) is 67.9 Å². The SMILES string of the molecule is CCCCCCOc1ccc(C(=O)Nc2cccc(C(=O)N3CCOCC3)c2)cc1. The molecule has 160 valence electrons. The molecule has 6 nitrogen and oxygen atoms in total. The third kappa shape index (κ3) is 6.32. The molecule has 0 spiro atoms. The highest BCUT2D eigenvalue weighted by Gasteiger charge is 2.19. The minimum Gasteiger partial charge on any atom is -0.494 e. The Kier molecular flexibility index (Phi) is 8.27. The molecule has 0 saturated carbocycles. The van der Waals surface area contributed by atoms with Gasteiger partial charge in [-0.05, 0) is 48.9 Å². The van der Waals surface area contributed by atoms with Gasteiger partial charge in [0.25, 0.3) is 11.8 Å². The van der Waals surface area contributed by atoms with E-state index in [1.807, 2.05) is 12.1 Å². The number of rotatable bonds is 9. The summed E-state index contributed by atoms with van der Waals surface area (Å²) in [5.74, 6) is 0.497. The van der Waals surface area contributed by atoms with Crippen molar-refractivity contribution in [2.75, 3.05) is 38.2 Å². The van der Waals surface area contributed by atoms with Crippen molar-refractivity contribution in [1.82, 2.24) is 4.90 Å². The molecule has 1 N–H and O–H groups in total. The Labute approximate surface area is 178 Å². The van der Waals surface area contributed by atoms with E-state index in [0.29, 0.717) is 49.7 Å². The van der Waals surface area contributed by atoms with E-state index in [2.05, 4.69) is 12.2 Å². The van der Waals surface area contributed by atoms with E-state index < -0.39 is 0 Å². The van der Waals surface area contributed by atoms with Crippen molar-refractivity contribution in [3.8, 4) is 5.75 Å². The fourth-order valence-corrected chi connectivity index (χ4v) is 3.30. The number of ether oxygens (including phenoxy) is 2. The van der Waals surface area contributed by atoms with Crippen LogP contribution in [0, 0.1) is 0 Å². The first-order valence-electron chi connectivity index (χ1n) is 10.7. The second-order valence-corrected chi connectivity index (χ2v) is 7.37. The summed E-state index contributed by atoms with van der Waals surface area (Å²) in [6.07, 6.45) is 4.63. The fourth-order valence-electron chi connectivity index (χ4n) is 3.30. The molecular formula is C24H30N2O4. The van der Waals surface area contributed by atoms with Crippen molar-refractivity contribution in [3.05, 3.63) is 59.7 Å². The Morgan fingerprint density at radius 1 is 1.00 bits per heavy atom. The maximum absolute atomic E-state index is 12.6. The van der Waals surface area contributed by atoms with Gasteiger partial charge in [0.05, 0.1) is 19.8 Å². The Morgan fingerprint density at radius 3 is 2.50 bits per heavy atom. The lowest BCUT2D eigenvalue weighted by Crippen LogP contribution is -2.40. The van der Waals surface area contributed by atoms with Crippen molar-refractivity contribution < 1.29 is 19.1 Å². The van der Waals surface area contributed by atoms with Crippen molar-refractivity contribution in [3.63, 3.8) is 0 Å². The molecule has 1 saturated heterocycles. The molecule has 0 bridgehead atoms. The van der Waals surface area contributed by atoms with Crippen LogP contribution in [0.4, 0.5) is 5.69 Å². The Bertz CT molecular complexity index is 829. The fraction of sp³-hybridized carbons (Fsp3) is 0.417. The van der Waals surface area contributed by atoms with Gasteiger partial charge in [-0.2, -0.15) is 0 Å². The zero-order chi connectivity index (χ0) is 21.2. The van der Waals surface area contributed by atoms with Gasteiger partial charge in [-0.25, -0.2) is 0 Å². The first-order chi connectivity index (χ1) is 14.7. The molecule has 1 aliphatic rings. The van der Waals surface area contributed by atoms with Gasteiger partial charge in [0.1, 0.15) is 5.75 Å². The molecule has 6 heteroatoms. The number of amides is 2. The summed E-state index contributed by atoms with van der Waals surface area (Å²) in [6, 6.07) is 14.2. The van der Waals surface area contributed by atoms with E-state index in [1.165, 1.54) is 19.3 Å². The van der Waals surface area contributed by atoms with E-state index >= 15 is 0 Å². The summed E-state index contributed by atoms with van der Waals surface area (Å²) in [5.41, 5.74) is 1.69. The van der Waals surface area contributed by atoms with E-state index in [0.717, 1.165) is 12.2 Å². The number of anilines is 1. The molecule has 0 unspecified atom stereocenters. The van der Waals surface area contributed by atoms with Crippen LogP contribution < -0.4 is 10.1 Å². The van der Waals surface area contributed by atoms with Crippen LogP contribution in [0.5, 0.6) is 5.75 Å². The molecule has 1 aliphatic heterocycles.